The zero-order valence-electron chi connectivity index (χ0n) is 12.5. The average Bonchev–Trinajstić information content (AvgIpc) is 2.08. The van der Waals surface area contributed by atoms with Crippen LogP contribution in [0.1, 0.15) is 48.5 Å². The molecule has 0 aliphatic carbocycles. The predicted octanol–water partition coefficient (Wildman–Crippen LogP) is 1.76. The first kappa shape index (κ1) is 15.9. The van der Waals surface area contributed by atoms with E-state index < -0.39 is 34.8 Å². The van der Waals surface area contributed by atoms with Gasteiger partial charge in [-0.3, -0.25) is 0 Å². The van der Waals surface area contributed by atoms with Gasteiger partial charge in [-0.05, 0) is 48.5 Å². The van der Waals surface area contributed by atoms with Crippen LogP contribution in [-0.2, 0) is 28.8 Å². The van der Waals surface area contributed by atoms with Gasteiger partial charge >= 0.3 is 11.9 Å². The molecule has 1 fully saturated rings. The van der Waals surface area contributed by atoms with Crippen molar-refractivity contribution >= 4 is 11.9 Å². The second-order valence-corrected chi connectivity index (χ2v) is 6.70. The van der Waals surface area contributed by atoms with Gasteiger partial charge < -0.3 is 9.47 Å². The molecule has 2 atom stereocenters. The third-order valence-corrected chi connectivity index (χ3v) is 2.24. The van der Waals surface area contributed by atoms with Crippen LogP contribution in [0.25, 0.3) is 0 Å². The molecule has 1 saturated heterocycles. The zero-order chi connectivity index (χ0) is 15.1. The number of carbonyl (C=O) groups excluding carboxylic acids is 2. The topological polar surface area (TPSA) is 71.1 Å². The Balaban J connectivity index is 2.73. The van der Waals surface area contributed by atoms with Crippen LogP contribution >= 0.6 is 0 Å². The van der Waals surface area contributed by atoms with Crippen molar-refractivity contribution in [2.75, 3.05) is 0 Å². The normalized spacial score (nSPS) is 27.4. The molecule has 1 aliphatic heterocycles. The SMILES string of the molecule is CC(C)(C)OC(=O)C1OOC1(C)C(=O)OC(C)(C)C. The Kier molecular flexibility index (Phi) is 3.98. The molecule has 2 unspecified atom stereocenters. The standard InChI is InChI=1S/C13H22O6/c1-11(2,3)16-9(14)8-13(7,19-18-8)10(15)17-12(4,5)6/h8H,1-7H3. The molecule has 6 nitrogen and oxygen atoms in total. The minimum absolute atomic E-state index is 0.646. The number of ether oxygens (including phenoxy) is 2. The molecule has 0 spiro atoms. The Bertz CT molecular complexity index is 376. The molecule has 0 aromatic heterocycles. The molecule has 0 aromatic carbocycles. The molecule has 1 heterocycles. The van der Waals surface area contributed by atoms with Gasteiger partial charge in [-0.2, -0.15) is 0 Å². The van der Waals surface area contributed by atoms with Gasteiger partial charge in [0.25, 0.3) is 0 Å². The van der Waals surface area contributed by atoms with Crippen LogP contribution in [0.3, 0.4) is 0 Å². The molecule has 0 N–H and O–H groups in total. The fraction of sp³-hybridized carbons (Fsp3) is 0.846. The largest absolute Gasteiger partial charge is 0.458 e. The Labute approximate surface area is 113 Å². The van der Waals surface area contributed by atoms with Crippen LogP contribution in [0, 0.1) is 0 Å². The summed E-state index contributed by atoms with van der Waals surface area (Å²) in [7, 11) is 0. The van der Waals surface area contributed by atoms with E-state index in [1.165, 1.54) is 6.92 Å². The third-order valence-electron chi connectivity index (χ3n) is 2.24. The Morgan fingerprint density at radius 2 is 1.47 bits per heavy atom. The van der Waals surface area contributed by atoms with Crippen LogP contribution in [0.15, 0.2) is 0 Å². The number of rotatable bonds is 2. The Hall–Kier alpha value is -1.14. The van der Waals surface area contributed by atoms with Crippen molar-refractivity contribution in [2.24, 2.45) is 0 Å². The van der Waals surface area contributed by atoms with Crippen molar-refractivity contribution in [3.63, 3.8) is 0 Å². The van der Waals surface area contributed by atoms with Crippen molar-refractivity contribution in [1.29, 1.82) is 0 Å². The second-order valence-electron chi connectivity index (χ2n) is 6.70. The maximum absolute atomic E-state index is 12.0. The van der Waals surface area contributed by atoms with Gasteiger partial charge in [0.1, 0.15) is 11.2 Å². The quantitative estimate of drug-likeness (QED) is 0.564. The summed E-state index contributed by atoms with van der Waals surface area (Å²) < 4.78 is 10.4. The molecule has 0 aromatic rings. The molecule has 0 amide bonds. The van der Waals surface area contributed by atoms with Crippen LogP contribution < -0.4 is 0 Å². The van der Waals surface area contributed by atoms with Crippen molar-refractivity contribution in [3.8, 4) is 0 Å². The summed E-state index contributed by atoms with van der Waals surface area (Å²) in [6, 6.07) is 0. The van der Waals surface area contributed by atoms with Crippen LogP contribution in [0.4, 0.5) is 0 Å². The first-order valence-electron chi connectivity index (χ1n) is 6.16. The molecule has 0 radical (unpaired) electrons. The molecule has 0 saturated carbocycles. The highest BCUT2D eigenvalue weighted by atomic mass is 17.3. The number of carbonyl (C=O) groups is 2. The van der Waals surface area contributed by atoms with E-state index in [9.17, 15) is 9.59 Å². The van der Waals surface area contributed by atoms with Crippen molar-refractivity contribution in [2.45, 2.75) is 71.4 Å². The van der Waals surface area contributed by atoms with E-state index in [1.807, 2.05) is 0 Å². The average molecular weight is 274 g/mol. The molecule has 1 aliphatic rings. The fourth-order valence-electron chi connectivity index (χ4n) is 1.38. The smallest absolute Gasteiger partial charge is 0.345 e. The first-order chi connectivity index (χ1) is 8.35. The summed E-state index contributed by atoms with van der Waals surface area (Å²) in [6.45, 7) is 11.8. The summed E-state index contributed by atoms with van der Waals surface area (Å²) in [5, 5.41) is 0. The van der Waals surface area contributed by atoms with Crippen molar-refractivity contribution in [1.82, 2.24) is 0 Å². The molecule has 19 heavy (non-hydrogen) atoms. The molecular weight excluding hydrogens is 252 g/mol. The fourth-order valence-corrected chi connectivity index (χ4v) is 1.38. The van der Waals surface area contributed by atoms with Gasteiger partial charge in [-0.1, -0.05) is 0 Å². The van der Waals surface area contributed by atoms with Gasteiger partial charge in [0.15, 0.2) is 0 Å². The van der Waals surface area contributed by atoms with E-state index >= 15 is 0 Å². The molecule has 0 bridgehead atoms. The lowest BCUT2D eigenvalue weighted by atomic mass is 9.96. The first-order valence-corrected chi connectivity index (χ1v) is 6.16. The predicted molar refractivity (Wildman–Crippen MR) is 66.1 cm³/mol. The summed E-state index contributed by atoms with van der Waals surface area (Å²) in [4.78, 5) is 33.4. The maximum atomic E-state index is 12.0. The summed E-state index contributed by atoms with van der Waals surface area (Å²) in [5.41, 5.74) is -2.79. The molecular formula is C13H22O6. The lowest BCUT2D eigenvalue weighted by Crippen LogP contribution is -2.64. The van der Waals surface area contributed by atoms with Crippen LogP contribution in [-0.4, -0.2) is 34.8 Å². The molecule has 1 rings (SSSR count). The van der Waals surface area contributed by atoms with Gasteiger partial charge in [0, 0.05) is 0 Å². The highest BCUT2D eigenvalue weighted by Crippen LogP contribution is 2.34. The lowest BCUT2D eigenvalue weighted by molar-refractivity contribution is -0.483. The van der Waals surface area contributed by atoms with Crippen molar-refractivity contribution in [3.05, 3.63) is 0 Å². The summed E-state index contributed by atoms with van der Waals surface area (Å²) in [5.74, 6) is -1.30. The van der Waals surface area contributed by atoms with Crippen molar-refractivity contribution < 1.29 is 28.8 Å². The van der Waals surface area contributed by atoms with E-state index in [0.29, 0.717) is 0 Å². The Morgan fingerprint density at radius 1 is 1.00 bits per heavy atom. The summed E-state index contributed by atoms with van der Waals surface area (Å²) >= 11 is 0. The van der Waals surface area contributed by atoms with E-state index in [-0.39, 0.29) is 0 Å². The molecule has 6 heteroatoms. The molecule has 110 valence electrons. The summed E-state index contributed by atoms with van der Waals surface area (Å²) in [6.07, 6.45) is -1.11. The van der Waals surface area contributed by atoms with Gasteiger partial charge in [0.05, 0.1) is 0 Å². The Morgan fingerprint density at radius 3 is 1.79 bits per heavy atom. The van der Waals surface area contributed by atoms with Gasteiger partial charge in [0.2, 0.25) is 11.7 Å². The third kappa shape index (κ3) is 3.91. The van der Waals surface area contributed by atoms with Crippen LogP contribution in [0.2, 0.25) is 0 Å². The highest BCUT2D eigenvalue weighted by Gasteiger charge is 2.61. The number of hydrogen-bond acceptors (Lipinski definition) is 6. The minimum Gasteiger partial charge on any atom is -0.458 e. The van der Waals surface area contributed by atoms with E-state index in [1.54, 1.807) is 41.5 Å². The zero-order valence-corrected chi connectivity index (χ0v) is 12.5. The number of hydrogen-bond donors (Lipinski definition) is 0. The van der Waals surface area contributed by atoms with Gasteiger partial charge in [-0.15, -0.1) is 0 Å². The second kappa shape index (κ2) is 4.76. The van der Waals surface area contributed by atoms with Gasteiger partial charge in [-0.25, -0.2) is 19.4 Å². The minimum atomic E-state index is -1.46. The van der Waals surface area contributed by atoms with E-state index in [2.05, 4.69) is 0 Å². The maximum Gasteiger partial charge on any atom is 0.345 e. The monoisotopic (exact) mass is 274 g/mol. The lowest BCUT2D eigenvalue weighted by Gasteiger charge is -2.42. The van der Waals surface area contributed by atoms with E-state index in [0.717, 1.165) is 0 Å². The highest BCUT2D eigenvalue weighted by molar-refractivity contribution is 5.90. The number of esters is 2. The van der Waals surface area contributed by atoms with E-state index in [4.69, 9.17) is 19.2 Å². The van der Waals surface area contributed by atoms with Crippen LogP contribution in [0.5, 0.6) is 0 Å².